The molecule has 0 unspecified atom stereocenters. The van der Waals surface area contributed by atoms with Gasteiger partial charge in [-0.2, -0.15) is 5.10 Å². The van der Waals surface area contributed by atoms with Gasteiger partial charge in [-0.3, -0.25) is 9.48 Å². The Balaban J connectivity index is 2.27. The lowest BCUT2D eigenvalue weighted by atomic mass is 10.2. The molecule has 2 aromatic rings. The maximum Gasteiger partial charge on any atom is 0.260 e. The second-order valence-corrected chi connectivity index (χ2v) is 4.00. The number of nitrogens with zero attached hydrogens (tertiary/aromatic N) is 2. The van der Waals surface area contributed by atoms with Gasteiger partial charge in [0.1, 0.15) is 11.6 Å². The van der Waals surface area contributed by atoms with E-state index in [2.05, 4.69) is 10.4 Å². The summed E-state index contributed by atoms with van der Waals surface area (Å²) < 4.78 is 14.6. The molecule has 0 atom stereocenters. The monoisotopic (exact) mass is 264 g/mol. The number of benzene rings is 1. The minimum absolute atomic E-state index is 0.159. The second-order valence-electron chi connectivity index (χ2n) is 4.00. The number of carbonyl (C=O) groups is 1. The number of halogens is 1. The van der Waals surface area contributed by atoms with Gasteiger partial charge in [-0.05, 0) is 18.2 Å². The van der Waals surface area contributed by atoms with E-state index in [1.165, 1.54) is 4.68 Å². The van der Waals surface area contributed by atoms with Crippen molar-refractivity contribution in [3.05, 3.63) is 41.3 Å². The van der Waals surface area contributed by atoms with Gasteiger partial charge in [-0.1, -0.05) is 0 Å². The average Bonchev–Trinajstić information content (AvgIpc) is 2.72. The van der Waals surface area contributed by atoms with Crippen molar-refractivity contribution in [2.75, 3.05) is 5.32 Å². The minimum Gasteiger partial charge on any atom is -0.507 e. The van der Waals surface area contributed by atoms with Crippen molar-refractivity contribution in [1.82, 2.24) is 9.78 Å². The van der Waals surface area contributed by atoms with Gasteiger partial charge in [-0.25, -0.2) is 4.39 Å². The van der Waals surface area contributed by atoms with Crippen molar-refractivity contribution < 1.29 is 14.3 Å². The molecule has 0 aliphatic carbocycles. The molecular weight excluding hydrogens is 251 g/mol. The van der Waals surface area contributed by atoms with Gasteiger partial charge in [0, 0.05) is 25.4 Å². The average molecular weight is 264 g/mol. The van der Waals surface area contributed by atoms with Gasteiger partial charge in [0.2, 0.25) is 0 Å². The molecule has 100 valence electrons. The second kappa shape index (κ2) is 5.07. The largest absolute Gasteiger partial charge is 0.507 e. The fourth-order valence-corrected chi connectivity index (χ4v) is 1.66. The number of nitrogens with one attached hydrogen (secondary N) is 1. The van der Waals surface area contributed by atoms with E-state index in [9.17, 15) is 14.3 Å². The molecule has 1 heterocycles. The molecule has 0 bridgehead atoms. The lowest BCUT2D eigenvalue weighted by molar-refractivity contribution is 0.102. The van der Waals surface area contributed by atoms with E-state index in [4.69, 9.17) is 5.73 Å². The first-order valence-electron chi connectivity index (χ1n) is 5.53. The van der Waals surface area contributed by atoms with Crippen LogP contribution in [0.3, 0.4) is 0 Å². The number of aromatic nitrogens is 2. The number of phenolic OH excluding ortho intramolecular Hbond substituents is 1. The maximum absolute atomic E-state index is 13.1. The van der Waals surface area contributed by atoms with Gasteiger partial charge < -0.3 is 16.2 Å². The van der Waals surface area contributed by atoms with E-state index >= 15 is 0 Å². The summed E-state index contributed by atoms with van der Waals surface area (Å²) in [7, 11) is 1.69. The summed E-state index contributed by atoms with van der Waals surface area (Å²) in [4.78, 5) is 11.9. The van der Waals surface area contributed by atoms with Crippen molar-refractivity contribution in [1.29, 1.82) is 0 Å². The van der Waals surface area contributed by atoms with Gasteiger partial charge in [-0.15, -0.1) is 0 Å². The van der Waals surface area contributed by atoms with Crippen LogP contribution in [0.4, 0.5) is 10.2 Å². The van der Waals surface area contributed by atoms with Gasteiger partial charge in [0.05, 0.1) is 5.56 Å². The Labute approximate surface area is 108 Å². The number of rotatable bonds is 3. The van der Waals surface area contributed by atoms with Crippen LogP contribution in [-0.4, -0.2) is 20.8 Å². The van der Waals surface area contributed by atoms with E-state index < -0.39 is 11.7 Å². The molecule has 0 aliphatic rings. The van der Waals surface area contributed by atoms with Crippen LogP contribution in [0.15, 0.2) is 24.4 Å². The number of aromatic hydroxyl groups is 1. The lowest BCUT2D eigenvalue weighted by Crippen LogP contribution is -2.14. The van der Waals surface area contributed by atoms with E-state index in [0.29, 0.717) is 11.4 Å². The fraction of sp³-hybridized carbons (Fsp3) is 0.167. The highest BCUT2D eigenvalue weighted by molar-refractivity contribution is 6.05. The molecule has 19 heavy (non-hydrogen) atoms. The van der Waals surface area contributed by atoms with Crippen LogP contribution in [0, 0.1) is 5.82 Å². The van der Waals surface area contributed by atoms with E-state index in [0.717, 1.165) is 18.2 Å². The molecule has 0 saturated carbocycles. The fourth-order valence-electron chi connectivity index (χ4n) is 1.66. The normalized spacial score (nSPS) is 10.5. The highest BCUT2D eigenvalue weighted by atomic mass is 19.1. The Morgan fingerprint density at radius 1 is 1.58 bits per heavy atom. The van der Waals surface area contributed by atoms with Crippen molar-refractivity contribution in [3.63, 3.8) is 0 Å². The predicted octanol–water partition coefficient (Wildman–Crippen LogP) is 0.976. The third kappa shape index (κ3) is 2.71. The van der Waals surface area contributed by atoms with Crippen molar-refractivity contribution in [2.24, 2.45) is 12.8 Å². The molecule has 1 aromatic carbocycles. The standard InChI is InChI=1S/C12H13FN4O2/c1-17-6-7(5-14)11(16-17)15-12(19)9-4-8(13)2-3-10(9)18/h2-4,6,18H,5,14H2,1H3,(H,15,16,19). The molecule has 6 nitrogen and oxygen atoms in total. The molecular formula is C12H13FN4O2. The molecule has 0 saturated heterocycles. The SMILES string of the molecule is Cn1cc(CN)c(NC(=O)c2cc(F)ccc2O)n1. The Bertz CT molecular complexity index is 624. The molecule has 4 N–H and O–H groups in total. The van der Waals surface area contributed by atoms with E-state index in [1.807, 2.05) is 0 Å². The van der Waals surface area contributed by atoms with Crippen LogP contribution in [0.2, 0.25) is 0 Å². The van der Waals surface area contributed by atoms with Crippen molar-refractivity contribution in [3.8, 4) is 5.75 Å². The molecule has 0 fully saturated rings. The van der Waals surface area contributed by atoms with Gasteiger partial charge >= 0.3 is 0 Å². The lowest BCUT2D eigenvalue weighted by Gasteiger charge is -2.06. The topological polar surface area (TPSA) is 93.2 Å². The van der Waals surface area contributed by atoms with E-state index in [1.54, 1.807) is 13.2 Å². The number of amides is 1. The van der Waals surface area contributed by atoms with Crippen molar-refractivity contribution in [2.45, 2.75) is 6.54 Å². The Hall–Kier alpha value is -2.41. The van der Waals surface area contributed by atoms with Gasteiger partial charge in [0.25, 0.3) is 5.91 Å². The highest BCUT2D eigenvalue weighted by Crippen LogP contribution is 2.20. The molecule has 0 spiro atoms. The number of hydrogen-bond acceptors (Lipinski definition) is 4. The first-order valence-corrected chi connectivity index (χ1v) is 5.53. The molecule has 1 amide bonds. The minimum atomic E-state index is -0.648. The zero-order chi connectivity index (χ0) is 14.0. The number of hydrogen-bond donors (Lipinski definition) is 3. The number of anilines is 1. The van der Waals surface area contributed by atoms with Gasteiger partial charge in [0.15, 0.2) is 5.82 Å². The van der Waals surface area contributed by atoms with E-state index in [-0.39, 0.29) is 17.9 Å². The predicted molar refractivity (Wildman–Crippen MR) is 67.1 cm³/mol. The highest BCUT2D eigenvalue weighted by Gasteiger charge is 2.15. The summed E-state index contributed by atoms with van der Waals surface area (Å²) in [6.45, 7) is 0.207. The number of nitrogens with two attached hydrogens (primary N) is 1. The number of aryl methyl sites for hydroxylation is 1. The zero-order valence-electron chi connectivity index (χ0n) is 10.2. The molecule has 0 radical (unpaired) electrons. The van der Waals surface area contributed by atoms with Crippen LogP contribution < -0.4 is 11.1 Å². The summed E-state index contributed by atoms with van der Waals surface area (Å²) in [5.74, 6) is -1.27. The Morgan fingerprint density at radius 2 is 2.32 bits per heavy atom. The van der Waals surface area contributed by atoms with Crippen LogP contribution in [0.5, 0.6) is 5.75 Å². The molecule has 7 heteroatoms. The summed E-state index contributed by atoms with van der Waals surface area (Å²) in [6.07, 6.45) is 1.67. The third-order valence-electron chi connectivity index (χ3n) is 2.56. The molecule has 0 aliphatic heterocycles. The van der Waals surface area contributed by atoms with Crippen LogP contribution >= 0.6 is 0 Å². The number of phenols is 1. The van der Waals surface area contributed by atoms with Crippen LogP contribution in [-0.2, 0) is 13.6 Å². The van der Waals surface area contributed by atoms with Crippen LogP contribution in [0.1, 0.15) is 15.9 Å². The third-order valence-corrected chi connectivity index (χ3v) is 2.56. The van der Waals surface area contributed by atoms with Crippen LogP contribution in [0.25, 0.3) is 0 Å². The van der Waals surface area contributed by atoms with Crippen molar-refractivity contribution >= 4 is 11.7 Å². The summed E-state index contributed by atoms with van der Waals surface area (Å²) in [5.41, 5.74) is 6.00. The first-order chi connectivity index (χ1) is 9.01. The number of carbonyl (C=O) groups excluding carboxylic acids is 1. The zero-order valence-corrected chi connectivity index (χ0v) is 10.2. The Morgan fingerprint density at radius 3 is 3.00 bits per heavy atom. The quantitative estimate of drug-likeness (QED) is 0.770. The summed E-state index contributed by atoms with van der Waals surface area (Å²) in [5, 5.41) is 16.1. The molecule has 2 rings (SSSR count). The first kappa shape index (κ1) is 13.0. The summed E-state index contributed by atoms with van der Waals surface area (Å²) in [6, 6.07) is 3.14. The molecule has 1 aromatic heterocycles. The summed E-state index contributed by atoms with van der Waals surface area (Å²) >= 11 is 0. The Kier molecular flexibility index (Phi) is 3.48. The smallest absolute Gasteiger partial charge is 0.260 e. The maximum atomic E-state index is 13.1.